The van der Waals surface area contributed by atoms with E-state index in [4.69, 9.17) is 14.6 Å². The molecular formula is C21H23N5O5S. The summed E-state index contributed by atoms with van der Waals surface area (Å²) in [6, 6.07) is 4.53. The third kappa shape index (κ3) is 3.47. The van der Waals surface area contributed by atoms with Gasteiger partial charge in [-0.25, -0.2) is 10.0 Å². The number of carbonyl (C=O) groups is 3. The zero-order valence-corrected chi connectivity index (χ0v) is 18.7. The van der Waals surface area contributed by atoms with Crippen LogP contribution in [0.1, 0.15) is 39.6 Å². The molecule has 1 aromatic carbocycles. The van der Waals surface area contributed by atoms with Gasteiger partial charge in [-0.15, -0.1) is 0 Å². The molecule has 4 heterocycles. The van der Waals surface area contributed by atoms with Crippen molar-refractivity contribution in [1.82, 2.24) is 20.7 Å². The van der Waals surface area contributed by atoms with E-state index < -0.39 is 6.04 Å². The quantitative estimate of drug-likeness (QED) is 0.664. The number of carbonyl (C=O) groups excluding carboxylic acids is 3. The van der Waals surface area contributed by atoms with Crippen LogP contribution in [0.15, 0.2) is 18.2 Å². The first-order valence-electron chi connectivity index (χ1n) is 10.3. The van der Waals surface area contributed by atoms with Crippen molar-refractivity contribution in [3.8, 4) is 5.75 Å². The molecule has 0 saturated carbocycles. The van der Waals surface area contributed by atoms with Gasteiger partial charge in [0.1, 0.15) is 23.3 Å². The number of benzene rings is 1. The van der Waals surface area contributed by atoms with Crippen LogP contribution in [0.25, 0.3) is 0 Å². The average Bonchev–Trinajstić information content (AvgIpc) is 3.18. The highest BCUT2D eigenvalue weighted by Crippen LogP contribution is 2.41. The Bertz CT molecular complexity index is 1130. The molecule has 32 heavy (non-hydrogen) atoms. The molecule has 2 N–H and O–H groups in total. The number of nitrogens with zero attached hydrogens (tertiary/aromatic N) is 3. The van der Waals surface area contributed by atoms with E-state index >= 15 is 0 Å². The summed E-state index contributed by atoms with van der Waals surface area (Å²) >= 11 is 1.34. The number of hydrogen-bond acceptors (Lipinski definition) is 8. The molecule has 1 saturated heterocycles. The third-order valence-electron chi connectivity index (χ3n) is 5.69. The number of amides is 3. The number of aromatic nitrogens is 1. The minimum atomic E-state index is -0.599. The number of fused-ring (bicyclic) bond motifs is 2. The van der Waals surface area contributed by atoms with E-state index in [0.29, 0.717) is 53.1 Å². The number of ether oxygens (including phenoxy) is 1. The van der Waals surface area contributed by atoms with Gasteiger partial charge in [-0.3, -0.25) is 19.2 Å². The summed E-state index contributed by atoms with van der Waals surface area (Å²) in [5, 5.41) is 7.61. The smallest absolute Gasteiger partial charge is 0.270 e. The minimum absolute atomic E-state index is 0.114. The first kappa shape index (κ1) is 20.7. The number of thiazole rings is 1. The lowest BCUT2D eigenvalue weighted by molar-refractivity contribution is -0.202. The first-order valence-corrected chi connectivity index (χ1v) is 11.1. The molecule has 11 heteroatoms. The zero-order valence-electron chi connectivity index (χ0n) is 17.9. The van der Waals surface area contributed by atoms with Gasteiger partial charge in [0.2, 0.25) is 0 Å². The second-order valence-corrected chi connectivity index (χ2v) is 9.56. The summed E-state index contributed by atoms with van der Waals surface area (Å²) in [6.07, 6.45) is 0.651. The molecule has 1 atom stereocenters. The Kier molecular flexibility index (Phi) is 4.82. The van der Waals surface area contributed by atoms with Crippen LogP contribution in [-0.2, 0) is 16.1 Å². The highest BCUT2D eigenvalue weighted by molar-refractivity contribution is 7.17. The summed E-state index contributed by atoms with van der Waals surface area (Å²) in [5.74, 6) is -0.113. The number of anilines is 2. The Hall–Kier alpha value is -3.18. The maximum atomic E-state index is 12.7. The first-order chi connectivity index (χ1) is 15.3. The van der Waals surface area contributed by atoms with Crippen molar-refractivity contribution in [2.45, 2.75) is 31.8 Å². The number of hydrogen-bond donors (Lipinski definition) is 2. The van der Waals surface area contributed by atoms with Crippen molar-refractivity contribution in [2.24, 2.45) is 0 Å². The van der Waals surface area contributed by atoms with Gasteiger partial charge in [0.25, 0.3) is 17.7 Å². The van der Waals surface area contributed by atoms with Crippen LogP contribution in [0.4, 0.5) is 10.8 Å². The molecule has 2 aromatic rings. The Balaban J connectivity index is 1.41. The number of nitrogens with one attached hydrogen (secondary N) is 2. The van der Waals surface area contributed by atoms with Crippen molar-refractivity contribution in [3.63, 3.8) is 0 Å². The standard InChI is InChI=1S/C21H23N5O5S/c1-21(2)9-12-16(18(28)24-21)32-20(23-12)25-6-7-31-15-5-4-11(8-14(15)25)17(27)22-13-10-26(30-3)19(13)29/h4-5,8,13H,6-7,9-10H2,1-3H3,(H,22,27)(H,24,28)/t13-/m0/s1. The van der Waals surface area contributed by atoms with Crippen molar-refractivity contribution in [3.05, 3.63) is 34.3 Å². The maximum Gasteiger partial charge on any atom is 0.270 e. The van der Waals surface area contributed by atoms with E-state index in [1.54, 1.807) is 18.2 Å². The molecule has 5 rings (SSSR count). The molecule has 0 aliphatic carbocycles. The van der Waals surface area contributed by atoms with Gasteiger partial charge in [0.15, 0.2) is 5.13 Å². The van der Waals surface area contributed by atoms with Crippen LogP contribution < -0.4 is 20.3 Å². The fourth-order valence-electron chi connectivity index (χ4n) is 4.05. The van der Waals surface area contributed by atoms with E-state index in [-0.39, 0.29) is 23.3 Å². The molecule has 0 bridgehead atoms. The molecule has 0 spiro atoms. The Labute approximate surface area is 188 Å². The van der Waals surface area contributed by atoms with Crippen LogP contribution in [0.5, 0.6) is 5.75 Å². The van der Waals surface area contributed by atoms with Crippen molar-refractivity contribution in [1.29, 1.82) is 0 Å². The van der Waals surface area contributed by atoms with Gasteiger partial charge in [-0.2, -0.15) is 0 Å². The fraction of sp³-hybridized carbons (Fsp3) is 0.429. The molecule has 168 valence electrons. The molecule has 10 nitrogen and oxygen atoms in total. The highest BCUT2D eigenvalue weighted by atomic mass is 32.1. The second-order valence-electron chi connectivity index (χ2n) is 8.58. The Morgan fingerprint density at radius 3 is 2.94 bits per heavy atom. The maximum absolute atomic E-state index is 12.7. The number of hydroxylamine groups is 2. The van der Waals surface area contributed by atoms with Gasteiger partial charge in [0.05, 0.1) is 31.6 Å². The third-order valence-corrected chi connectivity index (χ3v) is 6.81. The van der Waals surface area contributed by atoms with Gasteiger partial charge in [-0.05, 0) is 32.0 Å². The lowest BCUT2D eigenvalue weighted by atomic mass is 9.94. The summed E-state index contributed by atoms with van der Waals surface area (Å²) < 4.78 is 5.77. The summed E-state index contributed by atoms with van der Waals surface area (Å²) in [7, 11) is 1.41. The number of rotatable bonds is 4. The van der Waals surface area contributed by atoms with E-state index in [1.165, 1.54) is 23.5 Å². The fourth-order valence-corrected chi connectivity index (χ4v) is 5.06. The normalized spacial score (nSPS) is 21.2. The van der Waals surface area contributed by atoms with Crippen LogP contribution in [0, 0.1) is 0 Å². The van der Waals surface area contributed by atoms with E-state index in [0.717, 1.165) is 5.69 Å². The molecule has 3 amide bonds. The molecule has 0 unspecified atom stereocenters. The topological polar surface area (TPSA) is 113 Å². The Morgan fingerprint density at radius 2 is 2.19 bits per heavy atom. The average molecular weight is 458 g/mol. The van der Waals surface area contributed by atoms with Crippen molar-refractivity contribution < 1.29 is 24.0 Å². The predicted molar refractivity (Wildman–Crippen MR) is 116 cm³/mol. The Morgan fingerprint density at radius 1 is 1.38 bits per heavy atom. The molecule has 1 fully saturated rings. The lowest BCUT2D eigenvalue weighted by Gasteiger charge is -2.36. The molecule has 3 aliphatic rings. The van der Waals surface area contributed by atoms with Gasteiger partial charge >= 0.3 is 0 Å². The van der Waals surface area contributed by atoms with Crippen LogP contribution >= 0.6 is 11.3 Å². The molecule has 1 aromatic heterocycles. The second kappa shape index (κ2) is 7.45. The summed E-state index contributed by atoms with van der Waals surface area (Å²) in [6.45, 7) is 5.26. The molecule has 0 radical (unpaired) electrons. The van der Waals surface area contributed by atoms with Crippen LogP contribution in [0.3, 0.4) is 0 Å². The highest BCUT2D eigenvalue weighted by Gasteiger charge is 2.39. The van der Waals surface area contributed by atoms with Crippen molar-refractivity contribution in [2.75, 3.05) is 31.7 Å². The van der Waals surface area contributed by atoms with E-state index in [2.05, 4.69) is 10.6 Å². The van der Waals surface area contributed by atoms with E-state index in [9.17, 15) is 14.4 Å². The summed E-state index contributed by atoms with van der Waals surface area (Å²) in [5.41, 5.74) is 1.55. The molecule has 3 aliphatic heterocycles. The van der Waals surface area contributed by atoms with Gasteiger partial charge < -0.3 is 20.3 Å². The van der Waals surface area contributed by atoms with Gasteiger partial charge in [-0.1, -0.05) is 11.3 Å². The van der Waals surface area contributed by atoms with Crippen LogP contribution in [-0.4, -0.2) is 66.2 Å². The zero-order chi connectivity index (χ0) is 22.6. The number of β-lactam (4-membered cyclic amide) rings is 1. The lowest BCUT2D eigenvalue weighted by Crippen LogP contribution is -2.63. The largest absolute Gasteiger partial charge is 0.490 e. The van der Waals surface area contributed by atoms with Crippen molar-refractivity contribution >= 4 is 39.9 Å². The SMILES string of the molecule is CON1C[C@H](NC(=O)c2ccc3c(c2)N(c2nc4c(s2)C(=O)NC(C)(C)C4)CCO3)C1=O. The van der Waals surface area contributed by atoms with Crippen LogP contribution in [0.2, 0.25) is 0 Å². The monoisotopic (exact) mass is 457 g/mol. The minimum Gasteiger partial charge on any atom is -0.490 e. The molecular weight excluding hydrogens is 434 g/mol. The van der Waals surface area contributed by atoms with Gasteiger partial charge in [0, 0.05) is 17.5 Å². The summed E-state index contributed by atoms with van der Waals surface area (Å²) in [4.78, 5) is 49.4. The predicted octanol–water partition coefficient (Wildman–Crippen LogP) is 1.24. The van der Waals surface area contributed by atoms with E-state index in [1.807, 2.05) is 18.7 Å².